The summed E-state index contributed by atoms with van der Waals surface area (Å²) < 4.78 is 1.00. The van der Waals surface area contributed by atoms with Crippen LogP contribution in [0, 0.1) is 5.92 Å². The predicted molar refractivity (Wildman–Crippen MR) is 68.8 cm³/mol. The highest BCUT2D eigenvalue weighted by Crippen LogP contribution is 2.32. The lowest BCUT2D eigenvalue weighted by Gasteiger charge is -2.13. The van der Waals surface area contributed by atoms with Crippen LogP contribution in [0.4, 0.5) is 0 Å². The summed E-state index contributed by atoms with van der Waals surface area (Å²) in [7, 11) is 0. The minimum absolute atomic E-state index is 0.0877. The summed E-state index contributed by atoms with van der Waals surface area (Å²) in [6.45, 7) is 1.81. The largest absolute Gasteiger partial charge is 0.352 e. The van der Waals surface area contributed by atoms with Crippen LogP contribution in [0.5, 0.6) is 0 Å². The fraction of sp³-hybridized carbons (Fsp3) is 0.545. The summed E-state index contributed by atoms with van der Waals surface area (Å²) in [6, 6.07) is 0.135. The van der Waals surface area contributed by atoms with E-state index in [1.165, 1.54) is 6.20 Å². The Hall–Kier alpha value is -1.07. The van der Waals surface area contributed by atoms with E-state index in [2.05, 4.69) is 10.4 Å². The molecule has 1 aromatic heterocycles. The van der Waals surface area contributed by atoms with Crippen LogP contribution in [0.2, 0.25) is 10.0 Å². The highest BCUT2D eigenvalue weighted by atomic mass is 35.5. The Labute approximate surface area is 114 Å². The van der Waals surface area contributed by atoms with Gasteiger partial charge >= 0.3 is 0 Å². The highest BCUT2D eigenvalue weighted by Gasteiger charge is 2.28. The summed E-state index contributed by atoms with van der Waals surface area (Å²) in [4.78, 5) is 23.4. The van der Waals surface area contributed by atoms with Crippen molar-refractivity contribution >= 4 is 29.1 Å². The summed E-state index contributed by atoms with van der Waals surface area (Å²) in [6.07, 6.45) is 3.54. The molecule has 1 amide bonds. The molecule has 0 unspecified atom stereocenters. The first kappa shape index (κ1) is 13.4. The van der Waals surface area contributed by atoms with Gasteiger partial charge in [-0.1, -0.05) is 23.2 Å². The van der Waals surface area contributed by atoms with E-state index in [9.17, 15) is 9.59 Å². The molecule has 1 aliphatic carbocycles. The first-order chi connectivity index (χ1) is 8.49. The molecule has 1 atom stereocenters. The summed E-state index contributed by atoms with van der Waals surface area (Å²) >= 11 is 11.3. The molecular formula is C11H13Cl2N3O2. The van der Waals surface area contributed by atoms with E-state index in [1.807, 2.05) is 6.92 Å². The lowest BCUT2D eigenvalue weighted by Crippen LogP contribution is -2.39. The second kappa shape index (κ2) is 5.28. The number of halogens is 2. The topological polar surface area (TPSA) is 64.0 Å². The van der Waals surface area contributed by atoms with Crippen molar-refractivity contribution in [1.82, 2.24) is 15.1 Å². The average Bonchev–Trinajstić information content (AvgIpc) is 3.14. The van der Waals surface area contributed by atoms with Crippen LogP contribution in [-0.2, 0) is 11.3 Å². The zero-order valence-corrected chi connectivity index (χ0v) is 11.3. The van der Waals surface area contributed by atoms with Crippen molar-refractivity contribution in [3.63, 3.8) is 0 Å². The van der Waals surface area contributed by atoms with Crippen molar-refractivity contribution < 1.29 is 4.79 Å². The van der Waals surface area contributed by atoms with E-state index >= 15 is 0 Å². The van der Waals surface area contributed by atoms with Gasteiger partial charge in [0.15, 0.2) is 0 Å². The molecule has 0 radical (unpaired) electrons. The van der Waals surface area contributed by atoms with Gasteiger partial charge in [-0.25, -0.2) is 4.68 Å². The fourth-order valence-corrected chi connectivity index (χ4v) is 1.98. The molecule has 0 spiro atoms. The van der Waals surface area contributed by atoms with E-state index in [0.29, 0.717) is 5.92 Å². The van der Waals surface area contributed by atoms with E-state index in [0.717, 1.165) is 17.5 Å². The smallest absolute Gasteiger partial charge is 0.287 e. The number of nitrogens with zero attached hydrogens (tertiary/aromatic N) is 2. The minimum Gasteiger partial charge on any atom is -0.352 e. The third-order valence-corrected chi connectivity index (χ3v) is 3.70. The summed E-state index contributed by atoms with van der Waals surface area (Å²) in [5.74, 6) is 0.315. The molecule has 1 saturated carbocycles. The molecule has 0 bridgehead atoms. The number of carbonyl (C=O) groups is 1. The maximum Gasteiger partial charge on any atom is 0.287 e. The van der Waals surface area contributed by atoms with Crippen molar-refractivity contribution in [1.29, 1.82) is 0 Å². The lowest BCUT2D eigenvalue weighted by atomic mass is 10.2. The number of carbonyl (C=O) groups excluding carboxylic acids is 1. The molecule has 1 aromatic rings. The molecule has 1 N–H and O–H groups in total. The van der Waals surface area contributed by atoms with Crippen LogP contribution in [0.1, 0.15) is 19.8 Å². The zero-order valence-electron chi connectivity index (χ0n) is 9.82. The van der Waals surface area contributed by atoms with Gasteiger partial charge in [-0.05, 0) is 25.7 Å². The summed E-state index contributed by atoms with van der Waals surface area (Å²) in [5.41, 5.74) is -0.557. The van der Waals surface area contributed by atoms with Gasteiger partial charge in [-0.3, -0.25) is 9.59 Å². The fourth-order valence-electron chi connectivity index (χ4n) is 1.71. The van der Waals surface area contributed by atoms with Gasteiger partial charge in [0.05, 0.1) is 11.2 Å². The Morgan fingerprint density at radius 1 is 1.61 bits per heavy atom. The van der Waals surface area contributed by atoms with Gasteiger partial charge in [-0.15, -0.1) is 0 Å². The number of hydrogen-bond acceptors (Lipinski definition) is 3. The standard InChI is InChI=1S/C11H13Cl2N3O2/c1-6(7-2-3-7)15-9(17)5-16-11(18)10(13)8(12)4-14-16/h4,6-7H,2-3,5H2,1H3,(H,15,17)/t6-/m0/s1. The van der Waals surface area contributed by atoms with Crippen LogP contribution >= 0.6 is 23.2 Å². The molecule has 98 valence electrons. The van der Waals surface area contributed by atoms with Crippen LogP contribution < -0.4 is 10.9 Å². The normalized spacial score (nSPS) is 16.4. The number of amides is 1. The first-order valence-corrected chi connectivity index (χ1v) is 6.45. The number of rotatable bonds is 4. The SMILES string of the molecule is C[C@H](NC(=O)Cn1ncc(Cl)c(Cl)c1=O)C1CC1. The average molecular weight is 290 g/mol. The number of hydrogen-bond donors (Lipinski definition) is 1. The first-order valence-electron chi connectivity index (χ1n) is 5.69. The Morgan fingerprint density at radius 2 is 2.28 bits per heavy atom. The van der Waals surface area contributed by atoms with Crippen LogP contribution in [0.15, 0.2) is 11.0 Å². The summed E-state index contributed by atoms with van der Waals surface area (Å²) in [5, 5.41) is 6.58. The molecule has 0 aromatic carbocycles. The number of aromatic nitrogens is 2. The van der Waals surface area contributed by atoms with E-state index in [1.54, 1.807) is 0 Å². The Morgan fingerprint density at radius 3 is 2.89 bits per heavy atom. The van der Waals surface area contributed by atoms with E-state index in [4.69, 9.17) is 23.2 Å². The molecule has 0 saturated heterocycles. The molecule has 0 aliphatic heterocycles. The van der Waals surface area contributed by atoms with Crippen molar-refractivity contribution in [2.24, 2.45) is 5.92 Å². The maximum atomic E-state index is 11.7. The second-order valence-electron chi connectivity index (χ2n) is 4.46. The van der Waals surface area contributed by atoms with Crippen LogP contribution in [0.25, 0.3) is 0 Å². The predicted octanol–water partition coefficient (Wildman–Crippen LogP) is 1.46. The Bertz CT molecular complexity index is 526. The van der Waals surface area contributed by atoms with Gasteiger partial charge in [0.2, 0.25) is 5.91 Å². The van der Waals surface area contributed by atoms with Crippen molar-refractivity contribution in [3.05, 3.63) is 26.6 Å². The van der Waals surface area contributed by atoms with Crippen LogP contribution in [-0.4, -0.2) is 21.7 Å². The molecule has 1 heterocycles. The molecular weight excluding hydrogens is 277 g/mol. The van der Waals surface area contributed by atoms with Crippen molar-refractivity contribution in [3.8, 4) is 0 Å². The van der Waals surface area contributed by atoms with Crippen molar-refractivity contribution in [2.75, 3.05) is 0 Å². The van der Waals surface area contributed by atoms with Gasteiger partial charge in [0.1, 0.15) is 11.6 Å². The molecule has 18 heavy (non-hydrogen) atoms. The quantitative estimate of drug-likeness (QED) is 0.913. The minimum atomic E-state index is -0.557. The third kappa shape index (κ3) is 3.03. The van der Waals surface area contributed by atoms with E-state index in [-0.39, 0.29) is 28.5 Å². The van der Waals surface area contributed by atoms with Gasteiger partial charge < -0.3 is 5.32 Å². The molecule has 2 rings (SSSR count). The second-order valence-corrected chi connectivity index (χ2v) is 5.25. The molecule has 1 fully saturated rings. The van der Waals surface area contributed by atoms with Crippen molar-refractivity contribution in [2.45, 2.75) is 32.4 Å². The zero-order chi connectivity index (χ0) is 13.3. The Kier molecular flexibility index (Phi) is 3.92. The molecule has 7 heteroatoms. The Balaban J connectivity index is 2.02. The van der Waals surface area contributed by atoms with Gasteiger partial charge in [0, 0.05) is 6.04 Å². The maximum absolute atomic E-state index is 11.7. The van der Waals surface area contributed by atoms with E-state index < -0.39 is 5.56 Å². The van der Waals surface area contributed by atoms with Gasteiger partial charge in [0.25, 0.3) is 5.56 Å². The molecule has 1 aliphatic rings. The van der Waals surface area contributed by atoms with Crippen LogP contribution in [0.3, 0.4) is 0 Å². The number of nitrogens with one attached hydrogen (secondary N) is 1. The molecule has 5 nitrogen and oxygen atoms in total. The lowest BCUT2D eigenvalue weighted by molar-refractivity contribution is -0.122. The monoisotopic (exact) mass is 289 g/mol. The van der Waals surface area contributed by atoms with Gasteiger partial charge in [-0.2, -0.15) is 5.10 Å². The highest BCUT2D eigenvalue weighted by molar-refractivity contribution is 6.41. The third-order valence-electron chi connectivity index (χ3n) is 2.95.